The van der Waals surface area contributed by atoms with Crippen LogP contribution in [0.4, 0.5) is 61.6 Å². The molecular formula is C63H69F6N27O29P6S4. The summed E-state index contributed by atoms with van der Waals surface area (Å²) in [5, 5.41) is -0.131. The fourth-order valence-corrected chi connectivity index (χ4v) is 24.0. The van der Waals surface area contributed by atoms with Crippen molar-refractivity contribution in [2.45, 2.75) is 148 Å². The minimum absolute atomic E-state index is 0.0159. The SMILES string of the molecule is Nc1nc2c(ncn2[C@@H]2O[C@@H]3COP(=O)(S)O[C@H]4C[C@H](n5cc(F)c6c(N)ncnc65)O[C@@H]4COP(=O)(O)O[C@@H]2[C@@H]3F)c(=O)[nH]1.Nc1nc2c(ncn2[C@@H]2O[C@@H]3COP(O)(=S)O[C@H]4C[C@H](n5cc(F)c6c(N)ncnc65)O[C@@H]4COP(=O)(O)O[C@@H]2[C@@H]3F)c(=O)[nH]1.Nc1nc2c(ncn2[C@@H]2O[C@@H]3COP(O)(=S)O[C@H]4C[C@H](n5cc(F)c6c(N)ncnc65)O[C@@H]4COP(O)(=S)O[C@@H]2[C@@H]3F)c(=O)[nH]1. The zero-order valence-corrected chi connectivity index (χ0v) is 76.1. The zero-order valence-electron chi connectivity index (χ0n) is 67.4. The lowest BCUT2D eigenvalue weighted by Gasteiger charge is -2.27. The van der Waals surface area contributed by atoms with Crippen LogP contribution >= 0.6 is 54.8 Å². The van der Waals surface area contributed by atoms with E-state index in [1.807, 2.05) is 0 Å². The second-order valence-corrected chi connectivity index (χ2v) is 44.8. The maximum Gasteiger partial charge on any atom is 0.472 e. The van der Waals surface area contributed by atoms with Crippen LogP contribution in [-0.2, 0) is 132 Å². The minimum atomic E-state index is -5.10. The summed E-state index contributed by atoms with van der Waals surface area (Å²) in [7, 11) is -10.2. The summed E-state index contributed by atoms with van der Waals surface area (Å²) in [5.74, 6) is -3.27. The monoisotopic (exact) mass is 2100 g/mol. The third kappa shape index (κ3) is 18.8. The summed E-state index contributed by atoms with van der Waals surface area (Å²) in [6, 6.07) is 0. The van der Waals surface area contributed by atoms with Gasteiger partial charge in [-0.2, -0.15) is 15.0 Å². The summed E-state index contributed by atoms with van der Waals surface area (Å²) in [5.41, 5.74) is 31.8. The number of halogens is 6. The minimum Gasteiger partial charge on any atom is -0.383 e. The predicted molar refractivity (Wildman–Crippen MR) is 456 cm³/mol. The third-order valence-electron chi connectivity index (χ3n) is 22.2. The molecule has 0 aromatic carbocycles. The number of nitrogens with zero attached hydrogens (tertiary/aromatic N) is 18. The molecule has 20 N–H and O–H groups in total. The molecule has 135 heavy (non-hydrogen) atoms. The van der Waals surface area contributed by atoms with Crippen molar-refractivity contribution in [3.8, 4) is 0 Å². The molecule has 9 aliphatic heterocycles. The molecule has 0 aliphatic carbocycles. The highest BCUT2D eigenvalue weighted by molar-refractivity contribution is 8.44. The lowest BCUT2D eigenvalue weighted by atomic mass is 10.1. The molecule has 9 fully saturated rings. The Balaban J connectivity index is 0.000000130. The second kappa shape index (κ2) is 36.2. The molecule has 12 aromatic heterocycles. The van der Waals surface area contributed by atoms with Crippen LogP contribution in [0.15, 0.2) is 70.9 Å². The zero-order chi connectivity index (χ0) is 95.5. The van der Waals surface area contributed by atoms with Crippen molar-refractivity contribution in [3.63, 3.8) is 0 Å². The summed E-state index contributed by atoms with van der Waals surface area (Å²) < 4.78 is 239. The number of hydrogen-bond donors (Lipinski definition) is 15. The van der Waals surface area contributed by atoms with Gasteiger partial charge in [-0.3, -0.25) is 74.7 Å². The highest BCUT2D eigenvalue weighted by Gasteiger charge is 2.57. The number of phosphoric acid groups is 2. The Labute approximate surface area is 765 Å². The number of ether oxygens (including phenoxy) is 6. The Hall–Kier alpha value is -8.64. The van der Waals surface area contributed by atoms with Gasteiger partial charge in [0.25, 0.3) is 16.7 Å². The van der Waals surface area contributed by atoms with E-state index in [2.05, 4.69) is 87.0 Å². The number of nitrogens with one attached hydrogen (secondary N) is 3. The number of rotatable bonds is 6. The Morgan fingerprint density at radius 1 is 0.370 bits per heavy atom. The first-order valence-electron chi connectivity index (χ1n) is 39.2. The van der Waals surface area contributed by atoms with Gasteiger partial charge in [-0.1, -0.05) is 12.2 Å². The molecule has 6 unspecified atom stereocenters. The maximum absolute atomic E-state index is 15.9. The van der Waals surface area contributed by atoms with E-state index in [4.69, 9.17) is 153 Å². The van der Waals surface area contributed by atoms with Gasteiger partial charge >= 0.3 is 42.6 Å². The van der Waals surface area contributed by atoms with E-state index < -0.39 is 245 Å². The third-order valence-corrected chi connectivity index (χ3v) is 30.5. The second-order valence-electron chi connectivity index (χ2n) is 30.7. The summed E-state index contributed by atoms with van der Waals surface area (Å²) in [4.78, 5) is 145. The lowest BCUT2D eigenvalue weighted by molar-refractivity contribution is -0.0639. The largest absolute Gasteiger partial charge is 0.472 e. The fraction of sp³-hybridized carbons (Fsp3) is 0.476. The molecule has 0 saturated carbocycles. The molecule has 21 heterocycles. The van der Waals surface area contributed by atoms with Crippen LogP contribution in [0.2, 0.25) is 0 Å². The molecular weight excluding hydrogens is 2030 g/mol. The van der Waals surface area contributed by atoms with E-state index in [0.29, 0.717) is 0 Å². The van der Waals surface area contributed by atoms with Crippen molar-refractivity contribution in [2.75, 3.05) is 74.0 Å². The van der Waals surface area contributed by atoms with Crippen molar-refractivity contribution in [2.24, 2.45) is 0 Å². The smallest absolute Gasteiger partial charge is 0.383 e. The van der Waals surface area contributed by atoms with Gasteiger partial charge in [-0.15, -0.1) is 0 Å². The number of phosphoric ester groups is 2. The van der Waals surface area contributed by atoms with Crippen LogP contribution in [0.1, 0.15) is 56.6 Å². The first kappa shape index (κ1) is 95.3. The Morgan fingerprint density at radius 2 is 0.659 bits per heavy atom. The van der Waals surface area contributed by atoms with Gasteiger partial charge in [0.15, 0.2) is 105 Å². The summed E-state index contributed by atoms with van der Waals surface area (Å²) in [6.45, 7) is -20.7. The van der Waals surface area contributed by atoms with Crippen LogP contribution in [-0.4, -0.2) is 258 Å². The Kier molecular flexibility index (Phi) is 25.6. The number of nitrogen functional groups attached to an aromatic ring is 6. The van der Waals surface area contributed by atoms with Crippen molar-refractivity contribution in [1.82, 2.24) is 102 Å². The average molecular weight is 2100 g/mol. The highest BCUT2D eigenvalue weighted by atomic mass is 32.7. The van der Waals surface area contributed by atoms with E-state index in [1.165, 1.54) is 18.3 Å². The Morgan fingerprint density at radius 3 is 0.993 bits per heavy atom. The quantitative estimate of drug-likeness (QED) is 0.0646. The van der Waals surface area contributed by atoms with Crippen molar-refractivity contribution in [3.05, 3.63) is 105 Å². The molecule has 0 spiro atoms. The predicted octanol–water partition coefficient (Wildman–Crippen LogP) is 2.51. The molecule has 27 atom stereocenters. The van der Waals surface area contributed by atoms with Gasteiger partial charge in [0.2, 0.25) is 17.8 Å². The van der Waals surface area contributed by atoms with Gasteiger partial charge in [-0.25, -0.2) is 84.9 Å². The number of fused-ring (bicyclic) bond motifs is 15. The first-order chi connectivity index (χ1) is 63.9. The number of aromatic nitrogens is 21. The molecule has 21 rings (SSSR count). The van der Waals surface area contributed by atoms with E-state index in [-0.39, 0.29) is 121 Å². The van der Waals surface area contributed by atoms with E-state index >= 15 is 13.2 Å². The van der Waals surface area contributed by atoms with Gasteiger partial charge in [-0.05, 0) is 35.4 Å². The number of alkyl halides is 3. The number of imidazole rings is 3. The fourth-order valence-electron chi connectivity index (χ4n) is 16.3. The Bertz CT molecular complexity index is 6550. The number of nitrogens with two attached hydrogens (primary N) is 6. The maximum atomic E-state index is 15.9. The van der Waals surface area contributed by atoms with Crippen LogP contribution in [0.5, 0.6) is 0 Å². The standard InChI is InChI=1S/2C21H23F2N9O10P2S.C21H23F2N9O9P2S2/c2*22-7-2-31(17-12(7)16(24)26-5-27-17)11-1-8-9(39-11)3-37-43(34,35)42-15-13(23)10(4-38-44(36,45)41-8)40-20(15)32-6-28-14-18(32)29-21(25)30-19(14)33;22-7-2-31(17-12(7)16(24)26-5-27-17)11-1-8-9(38-11)3-36-43(35,45)41-15-13(23)10(4-37-42(34,44)40-8)39-20(15)32-6-28-14-18(32)29-21(25)30-19(14)33/h2*2,5-6,8-11,13,15,20H,1,3-4H2,(H,34,35)(H,36,45)(H2,24,26,27)(H3,25,29,30,33);2,5-6,8-11,13,15,20H,1,3-4H2,(H,34,44)(H,35,45)(H2,24,26,27)(H3,25,29,30,33)/t2*8-,9+,10+,11+,13+,15+,20+,44?;8-,9+,10+,11+,13+,15+,20+,42?,43?/m000/s1. The van der Waals surface area contributed by atoms with Gasteiger partial charge in [0, 0.05) is 37.9 Å². The van der Waals surface area contributed by atoms with Crippen molar-refractivity contribution >= 4 is 192 Å². The molecule has 0 amide bonds. The lowest BCUT2D eigenvalue weighted by Crippen LogP contribution is -2.32. The van der Waals surface area contributed by atoms with E-state index in [0.717, 1.165) is 65.7 Å². The summed E-state index contributed by atoms with van der Waals surface area (Å²) in [6.07, 6.45) is -20.6. The molecule has 72 heteroatoms. The van der Waals surface area contributed by atoms with Crippen LogP contribution in [0.25, 0.3) is 66.6 Å². The first-order valence-corrected chi connectivity index (χ1v) is 52.6. The topological polar surface area (TPSA) is 757 Å². The normalized spacial score (nSPS) is 36.0. The van der Waals surface area contributed by atoms with Crippen molar-refractivity contribution in [1.29, 1.82) is 0 Å². The van der Waals surface area contributed by atoms with Gasteiger partial charge < -0.3 is 124 Å². The van der Waals surface area contributed by atoms with Crippen molar-refractivity contribution < 1.29 is 147 Å². The number of aromatic amines is 3. The van der Waals surface area contributed by atoms with Crippen LogP contribution in [0, 0.1) is 17.5 Å². The number of H-pyrrole nitrogens is 3. The molecule has 726 valence electrons. The van der Waals surface area contributed by atoms with E-state index in [1.54, 1.807) is 0 Å². The number of thiol groups is 1. The average Bonchev–Trinajstić information content (AvgIpc) is 1.62. The summed E-state index contributed by atoms with van der Waals surface area (Å²) >= 11 is 19.6. The van der Waals surface area contributed by atoms with Gasteiger partial charge in [0.1, 0.15) is 116 Å². The molecule has 9 saturated heterocycles. The van der Waals surface area contributed by atoms with E-state index in [9.17, 15) is 65.7 Å². The highest BCUT2D eigenvalue weighted by Crippen LogP contribution is 2.61. The number of hydrogen-bond acceptors (Lipinski definition) is 45. The molecule has 12 aromatic rings. The molecule has 56 nitrogen and oxygen atoms in total. The molecule has 9 aliphatic rings. The van der Waals surface area contributed by atoms with Crippen LogP contribution in [0.3, 0.4) is 0 Å². The van der Waals surface area contributed by atoms with Crippen LogP contribution < -0.4 is 51.1 Å². The molecule has 0 radical (unpaired) electrons. The number of anilines is 6. The molecule has 6 bridgehead atoms. The van der Waals surface area contributed by atoms with Gasteiger partial charge in [0.05, 0.1) is 87.0 Å².